The highest BCUT2D eigenvalue weighted by Crippen LogP contribution is 2.31. The van der Waals surface area contributed by atoms with Crippen molar-refractivity contribution in [2.45, 2.75) is 25.8 Å². The zero-order valence-electron chi connectivity index (χ0n) is 22.0. The second-order valence-electron chi connectivity index (χ2n) is 9.74. The highest BCUT2D eigenvalue weighted by Gasteiger charge is 2.35. The first-order valence-corrected chi connectivity index (χ1v) is 12.7. The van der Waals surface area contributed by atoms with Gasteiger partial charge in [-0.05, 0) is 49.7 Å². The fourth-order valence-corrected chi connectivity index (χ4v) is 5.01. The van der Waals surface area contributed by atoms with E-state index >= 15 is 0 Å². The van der Waals surface area contributed by atoms with Gasteiger partial charge in [-0.15, -0.1) is 0 Å². The molecule has 4 aromatic rings. The van der Waals surface area contributed by atoms with Crippen molar-refractivity contribution in [1.82, 2.24) is 30.2 Å². The summed E-state index contributed by atoms with van der Waals surface area (Å²) >= 11 is 0. The van der Waals surface area contributed by atoms with E-state index in [-0.39, 0.29) is 12.0 Å². The Morgan fingerprint density at radius 2 is 1.90 bits per heavy atom. The summed E-state index contributed by atoms with van der Waals surface area (Å²) in [6, 6.07) is 14.5. The maximum atomic E-state index is 14.1. The highest BCUT2D eigenvalue weighted by atomic mass is 19.2. The molecule has 2 aromatic carbocycles. The van der Waals surface area contributed by atoms with Crippen molar-refractivity contribution in [1.29, 1.82) is 0 Å². The number of aromatic nitrogens is 4. The Bertz CT molecular complexity index is 1450. The Morgan fingerprint density at radius 3 is 2.59 bits per heavy atom. The fourth-order valence-electron chi connectivity index (χ4n) is 5.01. The van der Waals surface area contributed by atoms with Gasteiger partial charge >= 0.3 is 6.03 Å². The van der Waals surface area contributed by atoms with Crippen LogP contribution in [0.1, 0.15) is 22.7 Å². The molecule has 9 nitrogen and oxygen atoms in total. The summed E-state index contributed by atoms with van der Waals surface area (Å²) in [6.07, 6.45) is 0. The lowest BCUT2D eigenvalue weighted by atomic mass is 9.94. The zero-order chi connectivity index (χ0) is 27.5. The molecule has 2 atom stereocenters. The van der Waals surface area contributed by atoms with E-state index in [9.17, 15) is 13.6 Å². The van der Waals surface area contributed by atoms with E-state index in [1.54, 1.807) is 17.9 Å². The van der Waals surface area contributed by atoms with Gasteiger partial charge in [-0.1, -0.05) is 24.3 Å². The average Bonchev–Trinajstić information content (AvgIpc) is 3.62. The SMILES string of the molecule is COCCN1C[C@@H](NC(=O)Nc2c(C)c(-c3cc(C)[nH]n3)nn2-c2ccccc2)[C@H](c2ccc(F)c(F)c2)C1. The number of nitrogens with one attached hydrogen (secondary N) is 3. The molecule has 39 heavy (non-hydrogen) atoms. The van der Waals surface area contributed by atoms with Crippen LogP contribution in [0.5, 0.6) is 0 Å². The minimum atomic E-state index is -0.908. The predicted octanol–water partition coefficient (Wildman–Crippen LogP) is 4.39. The van der Waals surface area contributed by atoms with E-state index in [4.69, 9.17) is 9.84 Å². The largest absolute Gasteiger partial charge is 0.383 e. The molecule has 3 heterocycles. The maximum absolute atomic E-state index is 14.1. The maximum Gasteiger partial charge on any atom is 0.320 e. The number of rotatable bonds is 8. The van der Waals surface area contributed by atoms with Crippen LogP contribution in [0, 0.1) is 25.5 Å². The van der Waals surface area contributed by atoms with Crippen molar-refractivity contribution in [3.05, 3.63) is 83.1 Å². The Kier molecular flexibility index (Phi) is 7.71. The summed E-state index contributed by atoms with van der Waals surface area (Å²) in [5.41, 5.74) is 4.37. The fraction of sp³-hybridized carbons (Fsp3) is 0.321. The topological polar surface area (TPSA) is 100 Å². The first-order chi connectivity index (χ1) is 18.8. The summed E-state index contributed by atoms with van der Waals surface area (Å²) in [5, 5.41) is 18.1. The zero-order valence-corrected chi connectivity index (χ0v) is 22.0. The van der Waals surface area contributed by atoms with Crippen LogP contribution in [-0.2, 0) is 4.74 Å². The van der Waals surface area contributed by atoms with Gasteiger partial charge in [0.2, 0.25) is 0 Å². The third-order valence-electron chi connectivity index (χ3n) is 7.00. The number of carbonyl (C=O) groups is 1. The molecule has 204 valence electrons. The van der Waals surface area contributed by atoms with E-state index in [0.29, 0.717) is 49.0 Å². The van der Waals surface area contributed by atoms with E-state index in [0.717, 1.165) is 23.0 Å². The molecule has 0 spiro atoms. The van der Waals surface area contributed by atoms with Crippen molar-refractivity contribution in [3.8, 4) is 17.1 Å². The quantitative estimate of drug-likeness (QED) is 0.311. The summed E-state index contributed by atoms with van der Waals surface area (Å²) in [7, 11) is 1.63. The number of methoxy groups -OCH3 is 1. The van der Waals surface area contributed by atoms with Crippen molar-refractivity contribution >= 4 is 11.8 Å². The standard InChI is InChI=1S/C28H31F2N7O2/c1-17-13-24(34-33-17)26-18(2)27(37(35-26)20-7-5-4-6-8-20)32-28(38)31-25-16-36(11-12-39-3)15-21(25)19-9-10-22(29)23(30)14-19/h4-10,13-14,21,25H,11-12,15-16H2,1-3H3,(H,33,34)(H2,31,32,38)/t21-,25+/m0/s1. The van der Waals surface area contributed by atoms with Gasteiger partial charge in [0.25, 0.3) is 0 Å². The molecular weight excluding hydrogens is 504 g/mol. The Labute approximate surface area is 225 Å². The van der Waals surface area contributed by atoms with Gasteiger partial charge in [-0.25, -0.2) is 18.3 Å². The molecule has 2 aromatic heterocycles. The molecule has 0 aliphatic carbocycles. The van der Waals surface area contributed by atoms with Crippen LogP contribution in [0.25, 0.3) is 17.1 Å². The molecule has 1 aliphatic heterocycles. The lowest BCUT2D eigenvalue weighted by Gasteiger charge is -2.21. The number of benzene rings is 2. The van der Waals surface area contributed by atoms with E-state index in [1.807, 2.05) is 50.2 Å². The number of anilines is 1. The molecule has 2 amide bonds. The second-order valence-corrected chi connectivity index (χ2v) is 9.74. The molecule has 1 fully saturated rings. The van der Waals surface area contributed by atoms with Crippen LogP contribution < -0.4 is 10.6 Å². The number of carbonyl (C=O) groups excluding carboxylic acids is 1. The molecule has 0 unspecified atom stereocenters. The van der Waals surface area contributed by atoms with Crippen LogP contribution in [0.3, 0.4) is 0 Å². The van der Waals surface area contributed by atoms with E-state index < -0.39 is 17.7 Å². The van der Waals surface area contributed by atoms with Crippen LogP contribution in [0.4, 0.5) is 19.4 Å². The van der Waals surface area contributed by atoms with E-state index in [2.05, 4.69) is 25.7 Å². The molecule has 1 aliphatic rings. The number of H-pyrrole nitrogens is 1. The Hall–Kier alpha value is -4.09. The number of halogens is 2. The van der Waals surface area contributed by atoms with Crippen LogP contribution in [-0.4, -0.2) is 70.3 Å². The summed E-state index contributed by atoms with van der Waals surface area (Å²) in [5.74, 6) is -1.53. The van der Waals surface area contributed by atoms with E-state index in [1.165, 1.54) is 6.07 Å². The summed E-state index contributed by atoms with van der Waals surface area (Å²) in [4.78, 5) is 15.5. The summed E-state index contributed by atoms with van der Waals surface area (Å²) < 4.78 is 34.6. The Morgan fingerprint density at radius 1 is 1.10 bits per heavy atom. The van der Waals surface area contributed by atoms with Gasteiger partial charge in [-0.3, -0.25) is 15.3 Å². The van der Waals surface area contributed by atoms with Crippen LogP contribution >= 0.6 is 0 Å². The highest BCUT2D eigenvalue weighted by molar-refractivity contribution is 5.91. The normalized spacial score (nSPS) is 17.5. The number of para-hydroxylation sites is 1. The molecule has 11 heteroatoms. The number of amides is 2. The smallest absolute Gasteiger partial charge is 0.320 e. The first-order valence-electron chi connectivity index (χ1n) is 12.7. The minimum Gasteiger partial charge on any atom is -0.383 e. The van der Waals surface area contributed by atoms with Gasteiger partial charge < -0.3 is 10.1 Å². The molecule has 1 saturated heterocycles. The average molecular weight is 536 g/mol. The number of hydrogen-bond acceptors (Lipinski definition) is 5. The number of nitrogens with zero attached hydrogens (tertiary/aromatic N) is 4. The van der Waals surface area contributed by atoms with Crippen LogP contribution in [0.2, 0.25) is 0 Å². The third-order valence-corrected chi connectivity index (χ3v) is 7.00. The van der Waals surface area contributed by atoms with Gasteiger partial charge in [0.05, 0.1) is 18.3 Å². The first kappa shape index (κ1) is 26.5. The monoisotopic (exact) mass is 535 g/mol. The van der Waals surface area contributed by atoms with Gasteiger partial charge in [-0.2, -0.15) is 10.2 Å². The van der Waals surface area contributed by atoms with Crippen molar-refractivity contribution in [2.75, 3.05) is 38.7 Å². The van der Waals surface area contributed by atoms with Crippen LogP contribution in [0.15, 0.2) is 54.6 Å². The lowest BCUT2D eigenvalue weighted by molar-refractivity contribution is 0.159. The van der Waals surface area contributed by atoms with Gasteiger partial charge in [0, 0.05) is 43.9 Å². The van der Waals surface area contributed by atoms with Crippen molar-refractivity contribution in [2.24, 2.45) is 0 Å². The number of likely N-dealkylation sites (tertiary alicyclic amines) is 1. The number of urea groups is 1. The molecule has 0 saturated carbocycles. The number of aromatic amines is 1. The Balaban J connectivity index is 1.42. The van der Waals surface area contributed by atoms with Crippen molar-refractivity contribution in [3.63, 3.8) is 0 Å². The predicted molar refractivity (Wildman–Crippen MR) is 144 cm³/mol. The second kappa shape index (κ2) is 11.3. The lowest BCUT2D eigenvalue weighted by Crippen LogP contribution is -2.42. The molecule has 3 N–H and O–H groups in total. The number of aryl methyl sites for hydroxylation is 1. The number of ether oxygens (including phenoxy) is 1. The number of hydrogen-bond donors (Lipinski definition) is 3. The molecule has 0 radical (unpaired) electrons. The van der Waals surface area contributed by atoms with Gasteiger partial charge in [0.1, 0.15) is 17.2 Å². The third kappa shape index (κ3) is 5.69. The van der Waals surface area contributed by atoms with Crippen molar-refractivity contribution < 1.29 is 18.3 Å². The summed E-state index contributed by atoms with van der Waals surface area (Å²) in [6.45, 7) is 6.08. The molecule has 5 rings (SSSR count). The molecule has 0 bridgehead atoms. The van der Waals surface area contributed by atoms with Gasteiger partial charge in [0.15, 0.2) is 11.6 Å². The minimum absolute atomic E-state index is 0.231. The molecular formula is C28H31F2N7O2.